The summed E-state index contributed by atoms with van der Waals surface area (Å²) in [6.07, 6.45) is 0. The van der Waals surface area contributed by atoms with Crippen LogP contribution in [0.15, 0.2) is 32.4 Å². The lowest BCUT2D eigenvalue weighted by molar-refractivity contribution is -0.125. The molecule has 0 fully saturated rings. The summed E-state index contributed by atoms with van der Waals surface area (Å²) in [6, 6.07) is 2.70. The minimum Gasteiger partial charge on any atom is -0.506 e. The van der Waals surface area contributed by atoms with E-state index in [1.165, 1.54) is 6.92 Å². The highest BCUT2D eigenvalue weighted by Gasteiger charge is 2.25. The van der Waals surface area contributed by atoms with E-state index >= 15 is 0 Å². The minimum atomic E-state index is -1.49. The average Bonchev–Trinajstić information content (AvgIpc) is 2.75. The zero-order valence-corrected chi connectivity index (χ0v) is 16.8. The Balaban J connectivity index is 2.75. The van der Waals surface area contributed by atoms with Crippen molar-refractivity contribution in [3.05, 3.63) is 50.9 Å². The zero-order chi connectivity index (χ0) is 25.0. The molecule has 0 saturated heterocycles. The summed E-state index contributed by atoms with van der Waals surface area (Å²) in [4.78, 5) is 74.9. The van der Waals surface area contributed by atoms with Gasteiger partial charge >= 0.3 is 17.4 Å². The predicted molar refractivity (Wildman–Crippen MR) is 105 cm³/mol. The highest BCUT2D eigenvalue weighted by atomic mass is 16.5. The molecule has 14 heteroatoms. The number of hydrogen-bond acceptors (Lipinski definition) is 12. The molecule has 2 rings (SSSR count). The molecule has 0 unspecified atom stereocenters. The maximum absolute atomic E-state index is 12.1. The number of Topliss-reactive ketones (excluding diaryl/α,β-unsaturated/α-hetero) is 3. The quantitative estimate of drug-likeness (QED) is 0.104. The van der Waals surface area contributed by atoms with Gasteiger partial charge in [0.1, 0.15) is 16.9 Å². The van der Waals surface area contributed by atoms with E-state index in [9.17, 15) is 39.0 Å². The SMILES string of the molecule is CC(=O)c1c(O)oc(=O)c(C(C)=Nc2cc(C(=O)C(=O)NO)cc(C(=O)C(=O)NO)c2)c1O. The third-order valence-electron chi connectivity index (χ3n) is 4.15. The van der Waals surface area contributed by atoms with Crippen LogP contribution in [0.4, 0.5) is 5.69 Å². The molecule has 0 radical (unpaired) electrons. The standard InChI is InChI=1S/C19H15N3O11/c1-6(11-15(26)12(7(2)23)19(30)33-18(11)29)20-10-4-8(13(24)16(27)21-31)3-9(5-10)14(25)17(28)22-32/h3-5,26,30-32H,1-2H3,(H,21,27)(H,22,28). The van der Waals surface area contributed by atoms with Crippen molar-refractivity contribution in [2.75, 3.05) is 0 Å². The smallest absolute Gasteiger partial charge is 0.351 e. The molecule has 0 atom stereocenters. The molecule has 0 saturated carbocycles. The summed E-state index contributed by atoms with van der Waals surface area (Å²) in [6.45, 7) is 2.15. The second kappa shape index (κ2) is 9.63. The van der Waals surface area contributed by atoms with E-state index in [1.807, 2.05) is 0 Å². The van der Waals surface area contributed by atoms with Crippen LogP contribution >= 0.6 is 0 Å². The summed E-state index contributed by atoms with van der Waals surface area (Å²) in [7, 11) is 0. The van der Waals surface area contributed by atoms with Gasteiger partial charge in [-0.25, -0.2) is 15.8 Å². The zero-order valence-electron chi connectivity index (χ0n) is 16.8. The number of hydroxylamine groups is 2. The Morgan fingerprint density at radius 1 is 0.848 bits per heavy atom. The van der Waals surface area contributed by atoms with Gasteiger partial charge in [-0.3, -0.25) is 39.4 Å². The monoisotopic (exact) mass is 461 g/mol. The Morgan fingerprint density at radius 2 is 1.33 bits per heavy atom. The topological polar surface area (TPSA) is 233 Å². The van der Waals surface area contributed by atoms with Gasteiger partial charge in [-0.2, -0.15) is 0 Å². The summed E-state index contributed by atoms with van der Waals surface area (Å²) >= 11 is 0. The summed E-state index contributed by atoms with van der Waals surface area (Å²) in [5, 5.41) is 37.2. The fourth-order valence-corrected chi connectivity index (χ4v) is 2.70. The van der Waals surface area contributed by atoms with Crippen molar-refractivity contribution in [1.29, 1.82) is 0 Å². The molecule has 0 aliphatic heterocycles. The number of nitrogens with zero attached hydrogens (tertiary/aromatic N) is 1. The van der Waals surface area contributed by atoms with E-state index in [-0.39, 0.29) is 11.4 Å². The first-order chi connectivity index (χ1) is 15.4. The van der Waals surface area contributed by atoms with Crippen molar-refractivity contribution in [3.8, 4) is 11.7 Å². The predicted octanol–water partition coefficient (Wildman–Crippen LogP) is -0.230. The van der Waals surface area contributed by atoms with E-state index < -0.39 is 68.7 Å². The lowest BCUT2D eigenvalue weighted by Gasteiger charge is -2.09. The van der Waals surface area contributed by atoms with Crippen molar-refractivity contribution in [3.63, 3.8) is 0 Å². The molecule has 2 amide bonds. The maximum Gasteiger partial charge on any atom is 0.351 e. The maximum atomic E-state index is 12.1. The minimum absolute atomic E-state index is 0.297. The fourth-order valence-electron chi connectivity index (χ4n) is 2.70. The molecular weight excluding hydrogens is 446 g/mol. The van der Waals surface area contributed by atoms with Crippen LogP contribution in [0.3, 0.4) is 0 Å². The third-order valence-corrected chi connectivity index (χ3v) is 4.15. The molecule has 0 aliphatic rings. The molecule has 172 valence electrons. The van der Waals surface area contributed by atoms with Crippen molar-refractivity contribution >= 4 is 40.6 Å². The van der Waals surface area contributed by atoms with Gasteiger partial charge in [-0.15, -0.1) is 0 Å². The summed E-state index contributed by atoms with van der Waals surface area (Å²) in [5.74, 6) is -8.55. The molecule has 1 aromatic carbocycles. The molecule has 14 nitrogen and oxygen atoms in total. The van der Waals surface area contributed by atoms with Crippen LogP contribution in [-0.4, -0.2) is 55.5 Å². The molecule has 0 bridgehead atoms. The Morgan fingerprint density at radius 3 is 1.76 bits per heavy atom. The van der Waals surface area contributed by atoms with Gasteiger partial charge in [0.25, 0.3) is 17.5 Å². The highest BCUT2D eigenvalue weighted by Crippen LogP contribution is 2.30. The highest BCUT2D eigenvalue weighted by molar-refractivity contribution is 6.45. The number of carbonyl (C=O) groups is 5. The number of carbonyl (C=O) groups excluding carboxylic acids is 5. The first kappa shape index (κ1) is 24.6. The Bertz CT molecular complexity index is 1240. The number of ketones is 3. The molecule has 6 N–H and O–H groups in total. The van der Waals surface area contributed by atoms with E-state index in [2.05, 4.69) is 9.41 Å². The van der Waals surface area contributed by atoms with Gasteiger partial charge in [-0.05, 0) is 32.0 Å². The first-order valence-corrected chi connectivity index (χ1v) is 8.71. The summed E-state index contributed by atoms with van der Waals surface area (Å²) in [5.41, 5.74) is -2.06. The molecule has 1 aromatic heterocycles. The normalized spacial score (nSPS) is 11.0. The van der Waals surface area contributed by atoms with Crippen molar-refractivity contribution in [2.45, 2.75) is 13.8 Å². The lowest BCUT2D eigenvalue weighted by Crippen LogP contribution is -2.29. The van der Waals surface area contributed by atoms with Crippen LogP contribution in [0, 0.1) is 0 Å². The Hall–Kier alpha value is -4.69. The van der Waals surface area contributed by atoms with E-state index in [0.717, 1.165) is 36.1 Å². The number of amides is 2. The molecule has 0 spiro atoms. The van der Waals surface area contributed by atoms with Crippen molar-refractivity contribution in [1.82, 2.24) is 11.0 Å². The molecule has 0 aliphatic carbocycles. The van der Waals surface area contributed by atoms with Gasteiger partial charge in [0.2, 0.25) is 0 Å². The van der Waals surface area contributed by atoms with Crippen LogP contribution in [0.1, 0.15) is 50.5 Å². The van der Waals surface area contributed by atoms with E-state index in [4.69, 9.17) is 10.4 Å². The van der Waals surface area contributed by atoms with Gasteiger partial charge in [0, 0.05) is 11.1 Å². The van der Waals surface area contributed by atoms with Crippen LogP contribution in [-0.2, 0) is 9.59 Å². The largest absolute Gasteiger partial charge is 0.506 e. The van der Waals surface area contributed by atoms with Crippen LogP contribution in [0.5, 0.6) is 11.7 Å². The van der Waals surface area contributed by atoms with Gasteiger partial charge in [0.15, 0.2) is 5.78 Å². The van der Waals surface area contributed by atoms with Crippen LogP contribution in [0.25, 0.3) is 0 Å². The van der Waals surface area contributed by atoms with Gasteiger partial charge in [0.05, 0.1) is 11.4 Å². The second-order valence-corrected chi connectivity index (χ2v) is 6.36. The molecule has 33 heavy (non-hydrogen) atoms. The Kier molecular flexibility index (Phi) is 7.17. The molecule has 2 aromatic rings. The fraction of sp³-hybridized carbons (Fsp3) is 0.105. The number of benzene rings is 1. The number of aromatic hydroxyl groups is 2. The number of rotatable bonds is 7. The second-order valence-electron chi connectivity index (χ2n) is 6.36. The van der Waals surface area contributed by atoms with Crippen molar-refractivity contribution in [2.24, 2.45) is 4.99 Å². The first-order valence-electron chi connectivity index (χ1n) is 8.71. The number of nitrogens with one attached hydrogen (secondary N) is 2. The molecular formula is C19H15N3O11. The van der Waals surface area contributed by atoms with Crippen molar-refractivity contribution < 1.29 is 49.0 Å². The lowest BCUT2D eigenvalue weighted by atomic mass is 10.0. The average molecular weight is 461 g/mol. The van der Waals surface area contributed by atoms with Gasteiger partial charge in [-0.1, -0.05) is 0 Å². The van der Waals surface area contributed by atoms with Crippen LogP contribution < -0.4 is 16.6 Å². The van der Waals surface area contributed by atoms with Gasteiger partial charge < -0.3 is 14.6 Å². The van der Waals surface area contributed by atoms with E-state index in [1.54, 1.807) is 0 Å². The Labute approximate surface area is 182 Å². The molecule has 1 heterocycles. The van der Waals surface area contributed by atoms with E-state index in [0.29, 0.717) is 0 Å². The number of aliphatic imine (C=N–C) groups is 1. The van der Waals surface area contributed by atoms with Crippen LogP contribution in [0.2, 0.25) is 0 Å². The number of hydrogen-bond donors (Lipinski definition) is 6. The third kappa shape index (κ3) is 4.97. The summed E-state index contributed by atoms with van der Waals surface area (Å²) < 4.78 is 4.53.